The third kappa shape index (κ3) is 2.68. The van der Waals surface area contributed by atoms with Gasteiger partial charge < -0.3 is 10.3 Å². The molecule has 0 saturated carbocycles. The van der Waals surface area contributed by atoms with Crippen molar-refractivity contribution >= 4 is 5.91 Å². The number of nitrogens with zero attached hydrogens (tertiary/aromatic N) is 1. The summed E-state index contributed by atoms with van der Waals surface area (Å²) in [5.41, 5.74) is 2.56. The van der Waals surface area contributed by atoms with E-state index in [2.05, 4.69) is 29.1 Å². The van der Waals surface area contributed by atoms with Crippen LogP contribution in [0.2, 0.25) is 0 Å². The molecular weight excluding hydrogens is 269 g/mol. The van der Waals surface area contributed by atoms with Crippen LogP contribution in [-0.4, -0.2) is 21.9 Å². The zero-order chi connectivity index (χ0) is 15.0. The molecule has 21 heavy (non-hydrogen) atoms. The van der Waals surface area contributed by atoms with Crippen molar-refractivity contribution in [3.8, 4) is 11.3 Å². The van der Waals surface area contributed by atoms with E-state index in [9.17, 15) is 9.18 Å². The van der Waals surface area contributed by atoms with Gasteiger partial charge in [-0.3, -0.25) is 9.78 Å². The lowest BCUT2D eigenvalue weighted by atomic mass is 9.95. The lowest BCUT2D eigenvalue weighted by molar-refractivity contribution is 0.0919. The van der Waals surface area contributed by atoms with E-state index in [1.165, 1.54) is 6.20 Å². The first-order valence-corrected chi connectivity index (χ1v) is 7.17. The molecule has 0 spiro atoms. The van der Waals surface area contributed by atoms with Gasteiger partial charge in [-0.15, -0.1) is 0 Å². The standard InChI is InChI=1S/C16H18FN3O/c1-9(2)5-10-6-14-12(16(21)19-10)7-15(20-14)11-3-4-18-8-13(11)17/h3-4,7-10,20H,5-6H2,1-2H3,(H,19,21). The second-order valence-electron chi connectivity index (χ2n) is 5.93. The molecular formula is C16H18FN3O. The van der Waals surface area contributed by atoms with E-state index < -0.39 is 5.82 Å². The Morgan fingerprint density at radius 2 is 2.24 bits per heavy atom. The van der Waals surface area contributed by atoms with Gasteiger partial charge in [-0.2, -0.15) is 0 Å². The summed E-state index contributed by atoms with van der Waals surface area (Å²) in [6.07, 6.45) is 4.41. The zero-order valence-corrected chi connectivity index (χ0v) is 12.1. The highest BCUT2D eigenvalue weighted by Crippen LogP contribution is 2.27. The van der Waals surface area contributed by atoms with Crippen LogP contribution in [0.4, 0.5) is 4.39 Å². The lowest BCUT2D eigenvalue weighted by Crippen LogP contribution is -2.41. The van der Waals surface area contributed by atoms with Gasteiger partial charge in [0.1, 0.15) is 0 Å². The van der Waals surface area contributed by atoms with Crippen LogP contribution in [0, 0.1) is 11.7 Å². The Morgan fingerprint density at radius 1 is 1.43 bits per heavy atom. The van der Waals surface area contributed by atoms with Crippen molar-refractivity contribution < 1.29 is 9.18 Å². The van der Waals surface area contributed by atoms with Gasteiger partial charge in [0.05, 0.1) is 11.8 Å². The highest BCUT2D eigenvalue weighted by molar-refractivity contribution is 5.98. The molecule has 0 bridgehead atoms. The van der Waals surface area contributed by atoms with Crippen LogP contribution in [0.5, 0.6) is 0 Å². The molecule has 0 aromatic carbocycles. The average molecular weight is 287 g/mol. The zero-order valence-electron chi connectivity index (χ0n) is 12.1. The fraction of sp³-hybridized carbons (Fsp3) is 0.375. The molecule has 3 rings (SSSR count). The summed E-state index contributed by atoms with van der Waals surface area (Å²) in [6.45, 7) is 4.27. The Hall–Kier alpha value is -2.17. The van der Waals surface area contributed by atoms with Gasteiger partial charge in [0.25, 0.3) is 5.91 Å². The van der Waals surface area contributed by atoms with E-state index >= 15 is 0 Å². The maximum atomic E-state index is 13.8. The topological polar surface area (TPSA) is 57.8 Å². The average Bonchev–Trinajstić information content (AvgIpc) is 2.82. The molecule has 0 fully saturated rings. The van der Waals surface area contributed by atoms with Crippen molar-refractivity contribution in [1.82, 2.24) is 15.3 Å². The van der Waals surface area contributed by atoms with Gasteiger partial charge in [0, 0.05) is 35.6 Å². The Balaban J connectivity index is 1.93. The van der Waals surface area contributed by atoms with E-state index in [4.69, 9.17) is 0 Å². The Morgan fingerprint density at radius 3 is 2.95 bits per heavy atom. The first-order chi connectivity index (χ1) is 10.0. The van der Waals surface area contributed by atoms with Crippen molar-refractivity contribution in [2.24, 2.45) is 5.92 Å². The molecule has 4 nitrogen and oxygen atoms in total. The molecule has 1 atom stereocenters. The summed E-state index contributed by atoms with van der Waals surface area (Å²) >= 11 is 0. The van der Waals surface area contributed by atoms with Gasteiger partial charge >= 0.3 is 0 Å². The molecule has 2 aromatic heterocycles. The smallest absolute Gasteiger partial charge is 0.253 e. The number of amides is 1. The number of carbonyl (C=O) groups is 1. The summed E-state index contributed by atoms with van der Waals surface area (Å²) in [5.74, 6) is 0.0398. The van der Waals surface area contributed by atoms with Crippen LogP contribution in [0.1, 0.15) is 36.3 Å². The molecule has 0 saturated heterocycles. The molecule has 5 heteroatoms. The minimum atomic E-state index is -0.393. The third-order valence-electron chi connectivity index (χ3n) is 3.75. The SMILES string of the molecule is CC(C)CC1Cc2[nH]c(-c3ccncc3F)cc2C(=O)N1. The van der Waals surface area contributed by atoms with Crippen molar-refractivity contribution in [1.29, 1.82) is 0 Å². The number of aromatic amines is 1. The summed E-state index contributed by atoms with van der Waals surface area (Å²) in [6, 6.07) is 3.46. The molecule has 2 N–H and O–H groups in total. The Kier molecular flexibility index (Phi) is 3.49. The minimum Gasteiger partial charge on any atom is -0.358 e. The maximum Gasteiger partial charge on any atom is 0.253 e. The molecule has 3 heterocycles. The number of pyridine rings is 1. The van der Waals surface area contributed by atoms with E-state index in [1.54, 1.807) is 18.3 Å². The normalized spacial score (nSPS) is 17.7. The van der Waals surface area contributed by atoms with E-state index in [0.717, 1.165) is 18.5 Å². The Labute approximate surface area is 122 Å². The maximum absolute atomic E-state index is 13.8. The largest absolute Gasteiger partial charge is 0.358 e. The summed E-state index contributed by atoms with van der Waals surface area (Å²) in [4.78, 5) is 19.1. The Bertz CT molecular complexity index is 678. The number of aromatic nitrogens is 2. The lowest BCUT2D eigenvalue weighted by Gasteiger charge is -2.24. The van der Waals surface area contributed by atoms with Crippen molar-refractivity contribution in [2.75, 3.05) is 0 Å². The van der Waals surface area contributed by atoms with Crippen molar-refractivity contribution in [3.63, 3.8) is 0 Å². The summed E-state index contributed by atoms with van der Waals surface area (Å²) < 4.78 is 13.8. The number of halogens is 1. The monoisotopic (exact) mass is 287 g/mol. The molecule has 1 aliphatic heterocycles. The van der Waals surface area contributed by atoms with Crippen LogP contribution < -0.4 is 5.32 Å². The van der Waals surface area contributed by atoms with Gasteiger partial charge in [-0.1, -0.05) is 13.8 Å². The molecule has 2 aromatic rings. The van der Waals surface area contributed by atoms with E-state index in [1.807, 2.05) is 0 Å². The molecule has 1 unspecified atom stereocenters. The second-order valence-corrected chi connectivity index (χ2v) is 5.93. The highest BCUT2D eigenvalue weighted by Gasteiger charge is 2.27. The van der Waals surface area contributed by atoms with Crippen molar-refractivity contribution in [2.45, 2.75) is 32.7 Å². The number of H-pyrrole nitrogens is 1. The minimum absolute atomic E-state index is 0.0844. The number of hydrogen-bond acceptors (Lipinski definition) is 2. The molecule has 0 aliphatic carbocycles. The van der Waals surface area contributed by atoms with Crippen LogP contribution in [0.25, 0.3) is 11.3 Å². The first-order valence-electron chi connectivity index (χ1n) is 7.17. The fourth-order valence-electron chi connectivity index (χ4n) is 2.87. The van der Waals surface area contributed by atoms with Crippen LogP contribution >= 0.6 is 0 Å². The van der Waals surface area contributed by atoms with Gasteiger partial charge in [-0.25, -0.2) is 4.39 Å². The van der Waals surface area contributed by atoms with Gasteiger partial charge in [-0.05, 0) is 24.5 Å². The number of carbonyl (C=O) groups excluding carboxylic acids is 1. The summed E-state index contributed by atoms with van der Waals surface area (Å²) in [5, 5.41) is 3.02. The molecule has 1 aliphatic rings. The van der Waals surface area contributed by atoms with E-state index in [-0.39, 0.29) is 11.9 Å². The predicted octanol–water partition coefficient (Wildman–Crippen LogP) is 2.92. The molecule has 1 amide bonds. The molecule has 0 radical (unpaired) electrons. The highest BCUT2D eigenvalue weighted by atomic mass is 19.1. The van der Waals surface area contributed by atoms with Crippen LogP contribution in [0.3, 0.4) is 0 Å². The molecule has 110 valence electrons. The van der Waals surface area contributed by atoms with Crippen LogP contribution in [0.15, 0.2) is 24.5 Å². The second kappa shape index (κ2) is 5.31. The van der Waals surface area contributed by atoms with E-state index in [0.29, 0.717) is 22.7 Å². The van der Waals surface area contributed by atoms with Gasteiger partial charge in [0.2, 0.25) is 0 Å². The first kappa shape index (κ1) is 13.8. The van der Waals surface area contributed by atoms with Crippen molar-refractivity contribution in [3.05, 3.63) is 41.6 Å². The number of rotatable bonds is 3. The number of fused-ring (bicyclic) bond motifs is 1. The summed E-state index contributed by atoms with van der Waals surface area (Å²) in [7, 11) is 0. The van der Waals surface area contributed by atoms with Crippen LogP contribution in [-0.2, 0) is 6.42 Å². The van der Waals surface area contributed by atoms with Gasteiger partial charge in [0.15, 0.2) is 5.82 Å². The predicted molar refractivity (Wildman–Crippen MR) is 78.4 cm³/mol. The third-order valence-corrected chi connectivity index (χ3v) is 3.75. The quantitative estimate of drug-likeness (QED) is 0.912. The number of nitrogens with one attached hydrogen (secondary N) is 2. The fourth-order valence-corrected chi connectivity index (χ4v) is 2.87. The number of hydrogen-bond donors (Lipinski definition) is 2.